The van der Waals surface area contributed by atoms with E-state index in [4.69, 9.17) is 5.73 Å². The minimum absolute atomic E-state index is 0.0682. The molecule has 138 valence electrons. The smallest absolute Gasteiger partial charge is 0.251 e. The highest BCUT2D eigenvalue weighted by molar-refractivity contribution is 7.14. The van der Waals surface area contributed by atoms with Crippen LogP contribution in [0.3, 0.4) is 0 Å². The number of rotatable bonds is 7. The van der Waals surface area contributed by atoms with E-state index in [2.05, 4.69) is 40.5 Å². The Morgan fingerprint density at radius 1 is 1.15 bits per heavy atom. The van der Waals surface area contributed by atoms with E-state index in [9.17, 15) is 9.59 Å². The van der Waals surface area contributed by atoms with Gasteiger partial charge in [0.05, 0.1) is 5.56 Å². The minimum Gasteiger partial charge on any atom is -0.366 e. The van der Waals surface area contributed by atoms with Gasteiger partial charge in [-0.05, 0) is 55.3 Å². The molecule has 26 heavy (non-hydrogen) atoms. The first kappa shape index (κ1) is 18.6. The summed E-state index contributed by atoms with van der Waals surface area (Å²) in [5.74, 6) is 0.148. The monoisotopic (exact) mass is 371 g/mol. The van der Waals surface area contributed by atoms with Crippen LogP contribution in [0.15, 0.2) is 41.8 Å². The van der Waals surface area contributed by atoms with Crippen molar-refractivity contribution in [1.29, 1.82) is 0 Å². The lowest BCUT2D eigenvalue weighted by molar-refractivity contribution is -0.116. The van der Waals surface area contributed by atoms with Crippen LogP contribution in [0.4, 0.5) is 5.00 Å². The average Bonchev–Trinajstić information content (AvgIpc) is 3.10. The molecule has 2 aromatic rings. The number of nitrogens with two attached hydrogens (primary N) is 1. The summed E-state index contributed by atoms with van der Waals surface area (Å²) in [6, 6.07) is 12.3. The Bertz CT molecular complexity index is 737. The fraction of sp³-hybridized carbons (Fsp3) is 0.400. The quantitative estimate of drug-likeness (QED) is 0.785. The Labute approximate surface area is 158 Å². The lowest BCUT2D eigenvalue weighted by Crippen LogP contribution is -2.36. The van der Waals surface area contributed by atoms with Crippen LogP contribution in [0, 0.1) is 5.92 Å². The summed E-state index contributed by atoms with van der Waals surface area (Å²) >= 11 is 1.32. The number of thiophene rings is 1. The maximum absolute atomic E-state index is 12.2. The highest BCUT2D eigenvalue weighted by atomic mass is 32.1. The molecule has 1 aromatic carbocycles. The van der Waals surface area contributed by atoms with Gasteiger partial charge in [0, 0.05) is 13.0 Å². The van der Waals surface area contributed by atoms with E-state index in [0.717, 1.165) is 32.0 Å². The zero-order valence-corrected chi connectivity index (χ0v) is 15.6. The summed E-state index contributed by atoms with van der Waals surface area (Å²) in [6.07, 6.45) is 3.92. The van der Waals surface area contributed by atoms with Crippen LogP contribution in [0.2, 0.25) is 0 Å². The van der Waals surface area contributed by atoms with Gasteiger partial charge in [-0.3, -0.25) is 9.59 Å². The van der Waals surface area contributed by atoms with Crippen molar-refractivity contribution in [3.8, 4) is 0 Å². The van der Waals surface area contributed by atoms with Gasteiger partial charge in [0.2, 0.25) is 5.91 Å². The van der Waals surface area contributed by atoms with Crippen LogP contribution in [0.1, 0.15) is 35.2 Å². The number of amides is 2. The van der Waals surface area contributed by atoms with Crippen molar-refractivity contribution in [3.63, 3.8) is 0 Å². The summed E-state index contributed by atoms with van der Waals surface area (Å²) < 4.78 is 0. The van der Waals surface area contributed by atoms with Gasteiger partial charge >= 0.3 is 0 Å². The third kappa shape index (κ3) is 5.16. The molecular weight excluding hydrogens is 346 g/mol. The molecule has 1 aliphatic rings. The molecule has 0 spiro atoms. The number of nitrogens with one attached hydrogen (secondary N) is 1. The Morgan fingerprint density at radius 2 is 1.88 bits per heavy atom. The molecule has 3 rings (SSSR count). The number of anilines is 1. The van der Waals surface area contributed by atoms with Gasteiger partial charge in [-0.2, -0.15) is 0 Å². The second-order valence-electron chi connectivity index (χ2n) is 6.80. The molecule has 0 radical (unpaired) electrons. The van der Waals surface area contributed by atoms with Crippen LogP contribution in [-0.2, 0) is 11.2 Å². The molecule has 0 bridgehead atoms. The third-order valence-corrected chi connectivity index (χ3v) is 5.74. The van der Waals surface area contributed by atoms with Crippen LogP contribution in [0.25, 0.3) is 0 Å². The zero-order valence-electron chi connectivity index (χ0n) is 14.8. The summed E-state index contributed by atoms with van der Waals surface area (Å²) in [5, 5.41) is 5.11. The number of likely N-dealkylation sites (tertiary alicyclic amines) is 1. The van der Waals surface area contributed by atoms with E-state index in [0.29, 0.717) is 17.0 Å². The molecule has 6 heteroatoms. The van der Waals surface area contributed by atoms with Gasteiger partial charge in [-0.25, -0.2) is 0 Å². The number of primary amides is 1. The molecule has 1 aromatic heterocycles. The Balaban J connectivity index is 1.39. The van der Waals surface area contributed by atoms with Crippen molar-refractivity contribution in [2.45, 2.75) is 25.7 Å². The molecule has 0 unspecified atom stereocenters. The first-order valence-corrected chi connectivity index (χ1v) is 9.93. The zero-order chi connectivity index (χ0) is 18.4. The molecule has 2 heterocycles. The highest BCUT2D eigenvalue weighted by Crippen LogP contribution is 2.24. The van der Waals surface area contributed by atoms with Gasteiger partial charge in [0.25, 0.3) is 5.91 Å². The highest BCUT2D eigenvalue weighted by Gasteiger charge is 2.20. The molecular formula is C20H25N3O2S. The largest absolute Gasteiger partial charge is 0.366 e. The first-order valence-electron chi connectivity index (χ1n) is 9.05. The molecule has 1 aliphatic heterocycles. The predicted octanol–water partition coefficient (Wildman–Crippen LogP) is 3.13. The Kier molecular flexibility index (Phi) is 6.41. The predicted molar refractivity (Wildman–Crippen MR) is 105 cm³/mol. The first-order chi connectivity index (χ1) is 12.6. The maximum Gasteiger partial charge on any atom is 0.251 e. The summed E-state index contributed by atoms with van der Waals surface area (Å²) in [4.78, 5) is 25.8. The average molecular weight is 372 g/mol. The standard InChI is InChI=1S/C20H25N3O2S/c21-19(25)17-9-13-26-20(17)22-18(24)8-12-23-10-6-16(7-11-23)14-15-4-2-1-3-5-15/h1-5,9,13,16H,6-8,10-12,14H2,(H2,21,25)(H,22,24). The van der Waals surface area contributed by atoms with Crippen LogP contribution >= 0.6 is 11.3 Å². The summed E-state index contributed by atoms with van der Waals surface area (Å²) in [5.41, 5.74) is 7.09. The van der Waals surface area contributed by atoms with E-state index in [-0.39, 0.29) is 5.91 Å². The van der Waals surface area contributed by atoms with Crippen molar-refractivity contribution in [2.24, 2.45) is 11.7 Å². The second-order valence-corrected chi connectivity index (χ2v) is 7.72. The molecule has 0 saturated carbocycles. The number of nitrogens with zero attached hydrogens (tertiary/aromatic N) is 1. The SMILES string of the molecule is NC(=O)c1ccsc1NC(=O)CCN1CCC(Cc2ccccc2)CC1. The molecule has 1 fully saturated rings. The number of piperidine rings is 1. The topological polar surface area (TPSA) is 75.4 Å². The molecule has 1 saturated heterocycles. The molecule has 2 amide bonds. The maximum atomic E-state index is 12.2. The van der Waals surface area contributed by atoms with Crippen LogP contribution in [-0.4, -0.2) is 36.3 Å². The van der Waals surface area contributed by atoms with Crippen molar-refractivity contribution in [2.75, 3.05) is 25.0 Å². The van der Waals surface area contributed by atoms with E-state index < -0.39 is 5.91 Å². The van der Waals surface area contributed by atoms with Crippen molar-refractivity contribution >= 4 is 28.2 Å². The normalized spacial score (nSPS) is 15.7. The lowest BCUT2D eigenvalue weighted by atomic mass is 9.90. The van der Waals surface area contributed by atoms with Crippen LogP contribution in [0.5, 0.6) is 0 Å². The van der Waals surface area contributed by atoms with Gasteiger partial charge in [0.15, 0.2) is 0 Å². The van der Waals surface area contributed by atoms with Gasteiger partial charge in [-0.15, -0.1) is 11.3 Å². The third-order valence-electron chi connectivity index (χ3n) is 4.91. The number of hydrogen-bond donors (Lipinski definition) is 2. The van der Waals surface area contributed by atoms with Crippen molar-refractivity contribution in [3.05, 3.63) is 52.9 Å². The second kappa shape index (κ2) is 8.96. The Hall–Kier alpha value is -2.18. The van der Waals surface area contributed by atoms with E-state index in [1.54, 1.807) is 11.4 Å². The molecule has 5 nitrogen and oxygen atoms in total. The fourth-order valence-corrected chi connectivity index (χ4v) is 4.22. The number of hydrogen-bond acceptors (Lipinski definition) is 4. The van der Waals surface area contributed by atoms with Crippen LogP contribution < -0.4 is 11.1 Å². The lowest BCUT2D eigenvalue weighted by Gasteiger charge is -2.31. The van der Waals surface area contributed by atoms with Gasteiger partial charge in [-0.1, -0.05) is 30.3 Å². The minimum atomic E-state index is -0.512. The summed E-state index contributed by atoms with van der Waals surface area (Å²) in [6.45, 7) is 2.83. The number of carbonyl (C=O) groups excluding carboxylic acids is 2. The fourth-order valence-electron chi connectivity index (χ4n) is 3.41. The van der Waals surface area contributed by atoms with E-state index >= 15 is 0 Å². The van der Waals surface area contributed by atoms with Gasteiger partial charge in [0.1, 0.15) is 5.00 Å². The van der Waals surface area contributed by atoms with E-state index in [1.807, 2.05) is 0 Å². The number of benzene rings is 1. The summed E-state index contributed by atoms with van der Waals surface area (Å²) in [7, 11) is 0. The molecule has 3 N–H and O–H groups in total. The Morgan fingerprint density at radius 3 is 2.58 bits per heavy atom. The number of carbonyl (C=O) groups is 2. The molecule has 0 atom stereocenters. The van der Waals surface area contributed by atoms with Crippen molar-refractivity contribution < 1.29 is 9.59 Å². The van der Waals surface area contributed by atoms with E-state index in [1.165, 1.54) is 29.7 Å². The van der Waals surface area contributed by atoms with Gasteiger partial charge < -0.3 is 16.0 Å². The van der Waals surface area contributed by atoms with Crippen molar-refractivity contribution in [1.82, 2.24) is 4.90 Å². The molecule has 0 aliphatic carbocycles.